The molecule has 4 rings (SSSR count). The van der Waals surface area contributed by atoms with Gasteiger partial charge in [-0.05, 0) is 29.8 Å². The molecule has 2 heterocycles. The summed E-state index contributed by atoms with van der Waals surface area (Å²) in [4.78, 5) is 18.2. The summed E-state index contributed by atoms with van der Waals surface area (Å²) in [6, 6.07) is 18.4. The van der Waals surface area contributed by atoms with Gasteiger partial charge in [0, 0.05) is 36.5 Å². The molecule has 4 heteroatoms. The first-order valence-corrected chi connectivity index (χ1v) is 9.12. The fraction of sp³-hybridized carbons (Fsp3) is 0.273. The van der Waals surface area contributed by atoms with Crippen molar-refractivity contribution in [1.29, 1.82) is 0 Å². The Kier molecular flexibility index (Phi) is 4.57. The highest BCUT2D eigenvalue weighted by molar-refractivity contribution is 5.83. The molecular weight excluding hydrogens is 324 g/mol. The number of hydrogen-bond donors (Lipinski definition) is 0. The van der Waals surface area contributed by atoms with Gasteiger partial charge in [-0.15, -0.1) is 0 Å². The Morgan fingerprint density at radius 3 is 2.77 bits per heavy atom. The maximum absolute atomic E-state index is 11.8. The van der Waals surface area contributed by atoms with Gasteiger partial charge in [0.05, 0.1) is 12.1 Å². The number of fused-ring (bicyclic) bond motifs is 1. The van der Waals surface area contributed by atoms with Gasteiger partial charge in [0.1, 0.15) is 11.9 Å². The maximum atomic E-state index is 11.8. The number of likely N-dealkylation sites (tertiary alicyclic amines) is 1. The van der Waals surface area contributed by atoms with E-state index in [0.717, 1.165) is 40.7 Å². The number of amides is 1. The zero-order chi connectivity index (χ0) is 17.9. The van der Waals surface area contributed by atoms with E-state index >= 15 is 0 Å². The molecule has 132 valence electrons. The van der Waals surface area contributed by atoms with Crippen molar-refractivity contribution >= 4 is 16.8 Å². The predicted octanol–water partition coefficient (Wildman–Crippen LogP) is 4.29. The Hall–Kier alpha value is -2.88. The standard InChI is InChI=1S/C22H22N2O2/c1-2-22(25)24-12-11-20(15-24)26-19-9-7-16(8-10-19)18-13-17-5-3-4-6-21(17)23-14-18/h3-10,13-14,20H,2,11-12,15H2,1H3/t20-/m1/s1. The summed E-state index contributed by atoms with van der Waals surface area (Å²) in [5.41, 5.74) is 3.21. The van der Waals surface area contributed by atoms with Gasteiger partial charge in [-0.2, -0.15) is 0 Å². The van der Waals surface area contributed by atoms with Crippen LogP contribution in [-0.2, 0) is 4.79 Å². The van der Waals surface area contributed by atoms with E-state index in [1.807, 2.05) is 48.4 Å². The maximum Gasteiger partial charge on any atom is 0.222 e. The molecule has 0 N–H and O–H groups in total. The van der Waals surface area contributed by atoms with Crippen molar-refractivity contribution in [3.8, 4) is 16.9 Å². The molecule has 1 aliphatic heterocycles. The first kappa shape index (κ1) is 16.6. The molecule has 0 saturated carbocycles. The van der Waals surface area contributed by atoms with E-state index in [2.05, 4.69) is 29.2 Å². The van der Waals surface area contributed by atoms with Gasteiger partial charge in [0.15, 0.2) is 0 Å². The van der Waals surface area contributed by atoms with Crippen molar-refractivity contribution in [2.24, 2.45) is 0 Å². The number of aromatic nitrogens is 1. The molecule has 2 aromatic carbocycles. The minimum Gasteiger partial charge on any atom is -0.489 e. The number of nitrogens with zero attached hydrogens (tertiary/aromatic N) is 2. The highest BCUT2D eigenvalue weighted by atomic mass is 16.5. The molecule has 4 nitrogen and oxygen atoms in total. The zero-order valence-electron chi connectivity index (χ0n) is 14.9. The number of para-hydroxylation sites is 1. The van der Waals surface area contributed by atoms with E-state index in [9.17, 15) is 4.79 Å². The molecule has 1 fully saturated rings. The number of hydrogen-bond acceptors (Lipinski definition) is 3. The first-order chi connectivity index (χ1) is 12.7. The Bertz CT molecular complexity index is 921. The summed E-state index contributed by atoms with van der Waals surface area (Å²) in [5.74, 6) is 1.05. The van der Waals surface area contributed by atoms with Crippen LogP contribution in [0.3, 0.4) is 0 Å². The Morgan fingerprint density at radius 1 is 1.15 bits per heavy atom. The fourth-order valence-electron chi connectivity index (χ4n) is 3.42. The predicted molar refractivity (Wildman–Crippen MR) is 103 cm³/mol. The molecule has 1 atom stereocenters. The van der Waals surface area contributed by atoms with Crippen LogP contribution in [0.2, 0.25) is 0 Å². The van der Waals surface area contributed by atoms with Gasteiger partial charge < -0.3 is 9.64 Å². The molecule has 0 aliphatic carbocycles. The Morgan fingerprint density at radius 2 is 1.96 bits per heavy atom. The number of rotatable bonds is 4. The molecular formula is C22H22N2O2. The number of ether oxygens (including phenoxy) is 1. The van der Waals surface area contributed by atoms with Crippen LogP contribution < -0.4 is 4.74 Å². The molecule has 26 heavy (non-hydrogen) atoms. The largest absolute Gasteiger partial charge is 0.489 e. The van der Waals surface area contributed by atoms with Gasteiger partial charge >= 0.3 is 0 Å². The summed E-state index contributed by atoms with van der Waals surface area (Å²) in [6.07, 6.45) is 3.44. The van der Waals surface area contributed by atoms with Crippen LogP contribution >= 0.6 is 0 Å². The SMILES string of the molecule is CCC(=O)N1CC[C@@H](Oc2ccc(-c3cnc4ccccc4c3)cc2)C1. The fourth-order valence-corrected chi connectivity index (χ4v) is 3.42. The number of carbonyl (C=O) groups excluding carboxylic acids is 1. The average Bonchev–Trinajstić information content (AvgIpc) is 3.16. The van der Waals surface area contributed by atoms with Gasteiger partial charge in [0.25, 0.3) is 0 Å². The monoisotopic (exact) mass is 346 g/mol. The molecule has 3 aromatic rings. The smallest absolute Gasteiger partial charge is 0.222 e. The van der Waals surface area contributed by atoms with Crippen LogP contribution in [-0.4, -0.2) is 35.0 Å². The molecule has 1 aromatic heterocycles. The van der Waals surface area contributed by atoms with Crippen molar-refractivity contribution in [3.63, 3.8) is 0 Å². The van der Waals surface area contributed by atoms with Crippen molar-refractivity contribution in [1.82, 2.24) is 9.88 Å². The van der Waals surface area contributed by atoms with Crippen molar-refractivity contribution in [3.05, 3.63) is 60.8 Å². The van der Waals surface area contributed by atoms with Crippen molar-refractivity contribution in [2.75, 3.05) is 13.1 Å². The molecule has 0 radical (unpaired) electrons. The highest BCUT2D eigenvalue weighted by Gasteiger charge is 2.26. The van der Waals surface area contributed by atoms with Crippen LogP contribution in [0, 0.1) is 0 Å². The lowest BCUT2D eigenvalue weighted by Crippen LogP contribution is -2.30. The lowest BCUT2D eigenvalue weighted by Gasteiger charge is -2.16. The topological polar surface area (TPSA) is 42.4 Å². The molecule has 0 spiro atoms. The minimum atomic E-state index is 0.0821. The summed E-state index contributed by atoms with van der Waals surface area (Å²) in [6.45, 7) is 3.37. The molecule has 1 amide bonds. The van der Waals surface area contributed by atoms with Crippen LogP contribution in [0.4, 0.5) is 0 Å². The van der Waals surface area contributed by atoms with Crippen LogP contribution in [0.5, 0.6) is 5.75 Å². The lowest BCUT2D eigenvalue weighted by atomic mass is 10.1. The number of carbonyl (C=O) groups is 1. The second-order valence-corrected chi connectivity index (χ2v) is 6.66. The highest BCUT2D eigenvalue weighted by Crippen LogP contribution is 2.26. The van der Waals surface area contributed by atoms with Gasteiger partial charge in [-0.3, -0.25) is 9.78 Å². The van der Waals surface area contributed by atoms with Crippen molar-refractivity contribution in [2.45, 2.75) is 25.9 Å². The average molecular weight is 346 g/mol. The molecule has 0 bridgehead atoms. The van der Waals surface area contributed by atoms with Gasteiger partial charge in [-0.25, -0.2) is 0 Å². The second-order valence-electron chi connectivity index (χ2n) is 6.66. The third-order valence-corrected chi connectivity index (χ3v) is 4.88. The summed E-state index contributed by atoms with van der Waals surface area (Å²) < 4.78 is 6.05. The number of benzene rings is 2. The van der Waals surface area contributed by atoms with Gasteiger partial charge in [0.2, 0.25) is 5.91 Å². The van der Waals surface area contributed by atoms with Crippen LogP contribution in [0.1, 0.15) is 19.8 Å². The summed E-state index contributed by atoms with van der Waals surface area (Å²) >= 11 is 0. The van der Waals surface area contributed by atoms with E-state index in [-0.39, 0.29) is 12.0 Å². The van der Waals surface area contributed by atoms with E-state index in [1.54, 1.807) is 0 Å². The quantitative estimate of drug-likeness (QED) is 0.708. The van der Waals surface area contributed by atoms with E-state index in [4.69, 9.17) is 4.74 Å². The Labute approximate surface area is 153 Å². The third kappa shape index (κ3) is 3.40. The first-order valence-electron chi connectivity index (χ1n) is 9.12. The zero-order valence-corrected chi connectivity index (χ0v) is 14.9. The van der Waals surface area contributed by atoms with E-state index < -0.39 is 0 Å². The normalized spacial score (nSPS) is 16.8. The molecule has 0 unspecified atom stereocenters. The van der Waals surface area contributed by atoms with E-state index in [1.165, 1.54) is 0 Å². The molecule has 1 saturated heterocycles. The lowest BCUT2D eigenvalue weighted by molar-refractivity contribution is -0.130. The summed E-state index contributed by atoms with van der Waals surface area (Å²) in [7, 11) is 0. The minimum absolute atomic E-state index is 0.0821. The van der Waals surface area contributed by atoms with Crippen LogP contribution in [0.25, 0.3) is 22.0 Å². The Balaban J connectivity index is 1.45. The van der Waals surface area contributed by atoms with Crippen molar-refractivity contribution < 1.29 is 9.53 Å². The second kappa shape index (κ2) is 7.16. The summed E-state index contributed by atoms with van der Waals surface area (Å²) in [5, 5.41) is 1.14. The third-order valence-electron chi connectivity index (χ3n) is 4.88. The molecule has 1 aliphatic rings. The van der Waals surface area contributed by atoms with E-state index in [0.29, 0.717) is 13.0 Å². The number of pyridine rings is 1. The van der Waals surface area contributed by atoms with Crippen LogP contribution in [0.15, 0.2) is 60.8 Å². The van der Waals surface area contributed by atoms with Gasteiger partial charge in [-0.1, -0.05) is 37.3 Å².